The molecule has 0 saturated heterocycles. The molecule has 0 fully saturated rings. The van der Waals surface area contributed by atoms with E-state index in [1.165, 1.54) is 19.1 Å². The molecule has 0 spiro atoms. The summed E-state index contributed by atoms with van der Waals surface area (Å²) in [5, 5.41) is 11.6. The lowest BCUT2D eigenvalue weighted by molar-refractivity contribution is 0.0771. The summed E-state index contributed by atoms with van der Waals surface area (Å²) in [6.45, 7) is 2.44. The monoisotopic (exact) mass is 295 g/mol. The zero-order valence-corrected chi connectivity index (χ0v) is 12.5. The van der Waals surface area contributed by atoms with Crippen LogP contribution in [0.1, 0.15) is 23.7 Å². The number of nitrogens with two attached hydrogens (primary N) is 1. The van der Waals surface area contributed by atoms with Crippen molar-refractivity contribution in [3.05, 3.63) is 23.8 Å². The molecule has 1 amide bonds. The van der Waals surface area contributed by atoms with Crippen LogP contribution in [0.4, 0.5) is 0 Å². The van der Waals surface area contributed by atoms with Crippen LogP contribution in [0.25, 0.3) is 0 Å². The summed E-state index contributed by atoms with van der Waals surface area (Å²) in [5.74, 6) is 0.503. The molecule has 0 aromatic heterocycles. The van der Waals surface area contributed by atoms with Gasteiger partial charge < -0.3 is 25.3 Å². The molecule has 0 aliphatic rings. The number of nitrogens with zero attached hydrogens (tertiary/aromatic N) is 2. The highest BCUT2D eigenvalue weighted by molar-refractivity contribution is 6.01. The topological polar surface area (TPSA) is 97.4 Å². The Hall–Kier alpha value is -2.44. The molecule has 116 valence electrons. The summed E-state index contributed by atoms with van der Waals surface area (Å²) in [6, 6.07) is 5.11. The van der Waals surface area contributed by atoms with Gasteiger partial charge in [0.15, 0.2) is 5.84 Å². The van der Waals surface area contributed by atoms with E-state index >= 15 is 0 Å². The second-order valence-corrected chi connectivity index (χ2v) is 4.36. The largest absolute Gasteiger partial charge is 0.496 e. The molecule has 0 unspecified atom stereocenters. The number of oxime groups is 1. The third-order valence-electron chi connectivity index (χ3n) is 2.90. The van der Waals surface area contributed by atoms with Crippen molar-refractivity contribution in [3.63, 3.8) is 0 Å². The molecule has 7 nitrogen and oxygen atoms in total. The van der Waals surface area contributed by atoms with Gasteiger partial charge in [0, 0.05) is 6.54 Å². The molecule has 21 heavy (non-hydrogen) atoms. The predicted molar refractivity (Wildman–Crippen MR) is 79.1 cm³/mol. The number of benzene rings is 1. The molecule has 0 aliphatic heterocycles. The minimum atomic E-state index is -0.294. The van der Waals surface area contributed by atoms with Gasteiger partial charge in [0.2, 0.25) is 0 Å². The van der Waals surface area contributed by atoms with E-state index in [0.717, 1.165) is 6.42 Å². The fraction of sp³-hybridized carbons (Fsp3) is 0.429. The fourth-order valence-electron chi connectivity index (χ4n) is 1.97. The predicted octanol–water partition coefficient (Wildman–Crippen LogP) is 1.30. The van der Waals surface area contributed by atoms with Crippen LogP contribution in [0.2, 0.25) is 0 Å². The lowest BCUT2D eigenvalue weighted by atomic mass is 10.1. The van der Waals surface area contributed by atoms with Gasteiger partial charge in [-0.05, 0) is 18.6 Å². The summed E-state index contributed by atoms with van der Waals surface area (Å²) >= 11 is 0. The van der Waals surface area contributed by atoms with Gasteiger partial charge >= 0.3 is 0 Å². The molecule has 3 N–H and O–H groups in total. The first kappa shape index (κ1) is 16.6. The first-order chi connectivity index (χ1) is 10.1. The van der Waals surface area contributed by atoms with Crippen LogP contribution in [0.15, 0.2) is 23.4 Å². The van der Waals surface area contributed by atoms with E-state index in [4.69, 9.17) is 20.4 Å². The van der Waals surface area contributed by atoms with Crippen molar-refractivity contribution in [2.75, 3.05) is 27.3 Å². The lowest BCUT2D eigenvalue weighted by Crippen LogP contribution is -2.39. The van der Waals surface area contributed by atoms with Crippen LogP contribution in [0.3, 0.4) is 0 Å². The van der Waals surface area contributed by atoms with Crippen LogP contribution >= 0.6 is 0 Å². The van der Waals surface area contributed by atoms with Gasteiger partial charge in [-0.15, -0.1) is 0 Å². The number of amides is 1. The second kappa shape index (κ2) is 7.98. The number of hydrogen-bond donors (Lipinski definition) is 2. The van der Waals surface area contributed by atoms with Crippen molar-refractivity contribution >= 4 is 11.7 Å². The Morgan fingerprint density at radius 3 is 2.33 bits per heavy atom. The SMILES string of the molecule is CCCN(CC(N)=NO)C(=O)c1c(OC)cccc1OC. The molecule has 0 atom stereocenters. The Bertz CT molecular complexity index is 495. The number of carbonyl (C=O) groups excluding carboxylic acids is 1. The van der Waals surface area contributed by atoms with Crippen molar-refractivity contribution in [1.29, 1.82) is 0 Å². The average molecular weight is 295 g/mol. The van der Waals surface area contributed by atoms with Crippen LogP contribution in [0.5, 0.6) is 11.5 Å². The molecular formula is C14H21N3O4. The smallest absolute Gasteiger partial charge is 0.261 e. The molecule has 7 heteroatoms. The van der Waals surface area contributed by atoms with Gasteiger partial charge in [-0.2, -0.15) is 0 Å². The zero-order chi connectivity index (χ0) is 15.8. The Balaban J connectivity index is 3.19. The Morgan fingerprint density at radius 2 is 1.90 bits per heavy atom. The normalized spacial score (nSPS) is 11.1. The van der Waals surface area contributed by atoms with Crippen molar-refractivity contribution in [3.8, 4) is 11.5 Å². The van der Waals surface area contributed by atoms with Crippen LogP contribution < -0.4 is 15.2 Å². The van der Waals surface area contributed by atoms with E-state index in [2.05, 4.69) is 5.16 Å². The number of amidine groups is 1. The summed E-state index contributed by atoms with van der Waals surface area (Å²) in [4.78, 5) is 14.2. The maximum atomic E-state index is 12.7. The summed E-state index contributed by atoms with van der Waals surface area (Å²) in [5.41, 5.74) is 5.83. The van der Waals surface area contributed by atoms with Crippen molar-refractivity contribution < 1.29 is 19.5 Å². The van der Waals surface area contributed by atoms with Crippen molar-refractivity contribution in [1.82, 2.24) is 4.90 Å². The molecule has 0 heterocycles. The molecule has 1 aromatic rings. The van der Waals surface area contributed by atoms with Crippen LogP contribution in [0, 0.1) is 0 Å². The standard InChI is InChI=1S/C14H21N3O4/c1-4-8-17(9-12(15)16-19)14(18)13-10(20-2)6-5-7-11(13)21-3/h5-7,19H,4,8-9H2,1-3H3,(H2,15,16). The third-order valence-corrected chi connectivity index (χ3v) is 2.90. The molecule has 1 rings (SSSR count). The molecule has 0 aliphatic carbocycles. The molecule has 0 saturated carbocycles. The minimum absolute atomic E-state index is 0.0321. The van der Waals surface area contributed by atoms with Crippen LogP contribution in [-0.2, 0) is 0 Å². The zero-order valence-electron chi connectivity index (χ0n) is 12.5. The van der Waals surface area contributed by atoms with E-state index < -0.39 is 0 Å². The highest BCUT2D eigenvalue weighted by Gasteiger charge is 2.24. The molecule has 1 aromatic carbocycles. The highest BCUT2D eigenvalue weighted by Crippen LogP contribution is 2.29. The summed E-state index contributed by atoms with van der Waals surface area (Å²) < 4.78 is 10.5. The molecular weight excluding hydrogens is 274 g/mol. The van der Waals surface area contributed by atoms with Crippen molar-refractivity contribution in [2.24, 2.45) is 10.9 Å². The Morgan fingerprint density at radius 1 is 1.33 bits per heavy atom. The summed E-state index contributed by atoms with van der Waals surface area (Å²) in [7, 11) is 2.97. The first-order valence-corrected chi connectivity index (χ1v) is 6.55. The maximum Gasteiger partial charge on any atom is 0.261 e. The van der Waals surface area contributed by atoms with E-state index in [1.54, 1.807) is 18.2 Å². The van der Waals surface area contributed by atoms with E-state index in [-0.39, 0.29) is 18.3 Å². The van der Waals surface area contributed by atoms with E-state index in [0.29, 0.717) is 23.6 Å². The quantitative estimate of drug-likeness (QED) is 0.342. The fourth-order valence-corrected chi connectivity index (χ4v) is 1.97. The van der Waals surface area contributed by atoms with Gasteiger partial charge in [-0.1, -0.05) is 18.1 Å². The maximum absolute atomic E-state index is 12.7. The van der Waals surface area contributed by atoms with Gasteiger partial charge in [0.1, 0.15) is 17.1 Å². The van der Waals surface area contributed by atoms with Crippen LogP contribution in [-0.4, -0.2) is 49.2 Å². The molecule has 0 bridgehead atoms. The van der Waals surface area contributed by atoms with Crippen molar-refractivity contribution in [2.45, 2.75) is 13.3 Å². The summed E-state index contributed by atoms with van der Waals surface area (Å²) in [6.07, 6.45) is 0.738. The number of hydrogen-bond acceptors (Lipinski definition) is 5. The number of carbonyl (C=O) groups is 1. The second-order valence-electron chi connectivity index (χ2n) is 4.36. The molecule has 0 radical (unpaired) electrons. The van der Waals surface area contributed by atoms with Gasteiger partial charge in [-0.25, -0.2) is 0 Å². The Kier molecular flexibility index (Phi) is 6.32. The highest BCUT2D eigenvalue weighted by atomic mass is 16.5. The lowest BCUT2D eigenvalue weighted by Gasteiger charge is -2.23. The number of ether oxygens (including phenoxy) is 2. The minimum Gasteiger partial charge on any atom is -0.496 e. The van der Waals surface area contributed by atoms with E-state index in [1.807, 2.05) is 6.92 Å². The van der Waals surface area contributed by atoms with Gasteiger partial charge in [0.05, 0.1) is 20.8 Å². The van der Waals surface area contributed by atoms with Gasteiger partial charge in [0.25, 0.3) is 5.91 Å². The van der Waals surface area contributed by atoms with E-state index in [9.17, 15) is 4.79 Å². The first-order valence-electron chi connectivity index (χ1n) is 6.55. The number of methoxy groups -OCH3 is 2. The average Bonchev–Trinajstić information content (AvgIpc) is 2.52. The van der Waals surface area contributed by atoms with Gasteiger partial charge in [-0.3, -0.25) is 4.79 Å². The number of rotatable bonds is 7. The third kappa shape index (κ3) is 4.01. The Labute approximate surface area is 123 Å².